The quantitative estimate of drug-likeness (QED) is 0.0222. The molecule has 0 aliphatic carbocycles. The highest BCUT2D eigenvalue weighted by Gasteiger charge is 2.30. The Balaban J connectivity index is 5.22. The molecule has 0 aliphatic rings. The van der Waals surface area contributed by atoms with Gasteiger partial charge in [0.1, 0.15) is 19.3 Å². The molecule has 0 fully saturated rings. The van der Waals surface area contributed by atoms with E-state index in [4.69, 9.17) is 37.0 Å². The minimum Gasteiger partial charge on any atom is -0.462 e. The SMILES string of the molecule is CCC(C)CCCCCCCCC(=O)OC[C@H](COP(=O)(O)OC[C@H](O)COP(=O)(O)OC[C@@H](COC(=O)CCCCCCCCCCCCCCCCC(C)C)OC(=O)CCCCCCCCCCCC(C)C)OC(=O)CCCCCCCCCCCCCCCCCC(C)C. The number of aliphatic hydroxyl groups excluding tert-OH is 1. The van der Waals surface area contributed by atoms with Crippen molar-refractivity contribution in [1.29, 1.82) is 0 Å². The molecule has 6 atom stereocenters. The first-order valence-electron chi connectivity index (χ1n) is 40.2. The lowest BCUT2D eigenvalue weighted by Crippen LogP contribution is -2.30. The smallest absolute Gasteiger partial charge is 0.462 e. The average molecular weight is 1420 g/mol. The molecule has 97 heavy (non-hydrogen) atoms. The van der Waals surface area contributed by atoms with Gasteiger partial charge in [0.2, 0.25) is 0 Å². The lowest BCUT2D eigenvalue weighted by atomic mass is 10.00. The summed E-state index contributed by atoms with van der Waals surface area (Å²) in [6.45, 7) is 14.2. The average Bonchev–Trinajstić information content (AvgIpc) is 1.33. The molecule has 0 heterocycles. The Morgan fingerprint density at radius 2 is 0.495 bits per heavy atom. The van der Waals surface area contributed by atoms with Crippen LogP contribution in [-0.4, -0.2) is 96.7 Å². The Morgan fingerprint density at radius 1 is 0.289 bits per heavy atom. The summed E-state index contributed by atoms with van der Waals surface area (Å²) in [6.07, 6.45) is 52.8. The molecule has 0 radical (unpaired) electrons. The van der Waals surface area contributed by atoms with Crippen LogP contribution >= 0.6 is 15.6 Å². The maximum atomic E-state index is 13.1. The van der Waals surface area contributed by atoms with Gasteiger partial charge in [-0.25, -0.2) is 9.13 Å². The van der Waals surface area contributed by atoms with Crippen LogP contribution < -0.4 is 0 Å². The van der Waals surface area contributed by atoms with E-state index < -0.39 is 97.5 Å². The van der Waals surface area contributed by atoms with E-state index in [0.29, 0.717) is 25.7 Å². The molecule has 0 bridgehead atoms. The van der Waals surface area contributed by atoms with Gasteiger partial charge in [-0.1, -0.05) is 344 Å². The van der Waals surface area contributed by atoms with Gasteiger partial charge in [0.15, 0.2) is 12.2 Å². The van der Waals surface area contributed by atoms with Gasteiger partial charge in [-0.2, -0.15) is 0 Å². The Kier molecular flexibility index (Phi) is 65.9. The summed E-state index contributed by atoms with van der Waals surface area (Å²) < 4.78 is 68.6. The highest BCUT2D eigenvalue weighted by atomic mass is 31.2. The Hall–Kier alpha value is -1.94. The zero-order chi connectivity index (χ0) is 71.7. The number of phosphoric acid groups is 2. The van der Waals surface area contributed by atoms with Crippen LogP contribution in [0, 0.1) is 23.7 Å². The fourth-order valence-electron chi connectivity index (χ4n) is 11.9. The Bertz CT molecular complexity index is 1900. The molecule has 0 aromatic rings. The molecule has 19 heteroatoms. The molecule has 17 nitrogen and oxygen atoms in total. The normalized spacial score (nSPS) is 14.4. The number of unbranched alkanes of at least 4 members (excludes halogenated alkanes) is 40. The van der Waals surface area contributed by atoms with Crippen molar-refractivity contribution >= 4 is 39.5 Å². The molecule has 0 saturated carbocycles. The molecule has 576 valence electrons. The van der Waals surface area contributed by atoms with E-state index in [9.17, 15) is 43.2 Å². The number of rotatable bonds is 75. The summed E-state index contributed by atoms with van der Waals surface area (Å²) in [5.41, 5.74) is 0. The molecule has 0 saturated heterocycles. The van der Waals surface area contributed by atoms with E-state index in [1.165, 1.54) is 193 Å². The summed E-state index contributed by atoms with van der Waals surface area (Å²) in [6, 6.07) is 0. The van der Waals surface area contributed by atoms with Gasteiger partial charge in [0.25, 0.3) is 0 Å². The number of esters is 4. The molecular weight excluding hydrogens is 1270 g/mol. The number of carbonyl (C=O) groups is 4. The predicted molar refractivity (Wildman–Crippen MR) is 395 cm³/mol. The topological polar surface area (TPSA) is 237 Å². The van der Waals surface area contributed by atoms with E-state index in [1.807, 2.05) is 0 Å². The predicted octanol–water partition coefficient (Wildman–Crippen LogP) is 22.8. The largest absolute Gasteiger partial charge is 0.472 e. The van der Waals surface area contributed by atoms with Crippen molar-refractivity contribution in [3.05, 3.63) is 0 Å². The highest BCUT2D eigenvalue weighted by molar-refractivity contribution is 7.47. The van der Waals surface area contributed by atoms with Crippen LogP contribution in [0.2, 0.25) is 0 Å². The lowest BCUT2D eigenvalue weighted by Gasteiger charge is -2.21. The third kappa shape index (κ3) is 70.9. The first-order valence-corrected chi connectivity index (χ1v) is 43.2. The second kappa shape index (κ2) is 67.2. The van der Waals surface area contributed by atoms with Crippen LogP contribution in [0.15, 0.2) is 0 Å². The Labute approximate surface area is 594 Å². The maximum absolute atomic E-state index is 13.1. The third-order valence-electron chi connectivity index (χ3n) is 18.4. The zero-order valence-electron chi connectivity index (χ0n) is 63.7. The van der Waals surface area contributed by atoms with E-state index in [2.05, 4.69) is 55.4 Å². The van der Waals surface area contributed by atoms with Crippen molar-refractivity contribution in [2.24, 2.45) is 23.7 Å². The lowest BCUT2D eigenvalue weighted by molar-refractivity contribution is -0.161. The van der Waals surface area contributed by atoms with Crippen LogP contribution in [0.1, 0.15) is 396 Å². The number of hydrogen-bond donors (Lipinski definition) is 3. The maximum Gasteiger partial charge on any atom is 0.472 e. The van der Waals surface area contributed by atoms with Gasteiger partial charge < -0.3 is 33.8 Å². The van der Waals surface area contributed by atoms with Gasteiger partial charge >= 0.3 is 39.5 Å². The van der Waals surface area contributed by atoms with Crippen LogP contribution in [-0.2, 0) is 65.4 Å². The Morgan fingerprint density at radius 3 is 0.732 bits per heavy atom. The fourth-order valence-corrected chi connectivity index (χ4v) is 13.5. The summed E-state index contributed by atoms with van der Waals surface area (Å²) in [5.74, 6) is 0.950. The van der Waals surface area contributed by atoms with Gasteiger partial charge in [0.05, 0.1) is 26.4 Å². The van der Waals surface area contributed by atoms with Crippen LogP contribution in [0.25, 0.3) is 0 Å². The van der Waals surface area contributed by atoms with Crippen molar-refractivity contribution in [3.63, 3.8) is 0 Å². The molecule has 0 spiro atoms. The van der Waals surface area contributed by atoms with E-state index in [-0.39, 0.29) is 25.7 Å². The van der Waals surface area contributed by atoms with Crippen LogP contribution in [0.3, 0.4) is 0 Å². The standard InChI is InChI=1S/C78H152O17P2/c1-9-71(8)57-49-41-36-37-43-51-59-76(81)89-65-74(95-77(82)60-52-44-34-28-22-18-12-10-11-15-19-24-30-38-46-54-68(2)3)67-93-97(86,87)91-63-72(79)62-90-96(84,85)92-66-73(94-78(83)61-53-45-35-29-23-26-32-40-48-56-70(6)7)64-88-75(80)58-50-42-33-27-21-17-14-13-16-20-25-31-39-47-55-69(4)5/h68-74,79H,9-67H2,1-8H3,(H,84,85)(H,86,87)/t71?,72-,73-,74-/m1/s1. The number of aliphatic hydroxyl groups is 1. The van der Waals surface area contributed by atoms with Crippen molar-refractivity contribution in [3.8, 4) is 0 Å². The zero-order valence-corrected chi connectivity index (χ0v) is 65.5. The molecular formula is C78H152O17P2. The summed E-state index contributed by atoms with van der Waals surface area (Å²) in [4.78, 5) is 72.9. The summed E-state index contributed by atoms with van der Waals surface area (Å²) in [5, 5.41) is 10.6. The molecule has 3 unspecified atom stereocenters. The van der Waals surface area contributed by atoms with Crippen molar-refractivity contribution in [1.82, 2.24) is 0 Å². The van der Waals surface area contributed by atoms with Crippen LogP contribution in [0.4, 0.5) is 0 Å². The molecule has 0 aliphatic heterocycles. The van der Waals surface area contributed by atoms with Crippen molar-refractivity contribution in [2.75, 3.05) is 39.6 Å². The van der Waals surface area contributed by atoms with Crippen molar-refractivity contribution in [2.45, 2.75) is 414 Å². The first kappa shape index (κ1) is 95.1. The number of hydrogen-bond acceptors (Lipinski definition) is 15. The second-order valence-corrected chi connectivity index (χ2v) is 32.7. The summed E-state index contributed by atoms with van der Waals surface area (Å²) >= 11 is 0. The van der Waals surface area contributed by atoms with E-state index in [1.54, 1.807) is 0 Å². The van der Waals surface area contributed by atoms with Gasteiger partial charge in [-0.05, 0) is 49.4 Å². The third-order valence-corrected chi connectivity index (χ3v) is 20.3. The molecule has 0 aromatic carbocycles. The monoisotopic (exact) mass is 1420 g/mol. The molecule has 0 rings (SSSR count). The van der Waals surface area contributed by atoms with Crippen molar-refractivity contribution < 1.29 is 80.2 Å². The second-order valence-electron chi connectivity index (χ2n) is 29.8. The minimum atomic E-state index is -4.96. The number of phosphoric ester groups is 2. The van der Waals surface area contributed by atoms with E-state index >= 15 is 0 Å². The van der Waals surface area contributed by atoms with Gasteiger partial charge in [-0.3, -0.25) is 37.3 Å². The number of carbonyl (C=O) groups excluding carboxylic acids is 4. The van der Waals surface area contributed by atoms with Crippen LogP contribution in [0.5, 0.6) is 0 Å². The minimum absolute atomic E-state index is 0.105. The summed E-state index contributed by atoms with van der Waals surface area (Å²) in [7, 11) is -9.92. The molecule has 3 N–H and O–H groups in total. The van der Waals surface area contributed by atoms with Gasteiger partial charge in [0, 0.05) is 25.7 Å². The highest BCUT2D eigenvalue weighted by Crippen LogP contribution is 2.45. The first-order chi connectivity index (χ1) is 46.6. The van der Waals surface area contributed by atoms with E-state index in [0.717, 1.165) is 120 Å². The number of ether oxygens (including phenoxy) is 4. The molecule has 0 aromatic heterocycles. The van der Waals surface area contributed by atoms with Gasteiger partial charge in [-0.15, -0.1) is 0 Å². The fraction of sp³-hybridized carbons (Fsp3) is 0.949. The molecule has 0 amide bonds.